The van der Waals surface area contributed by atoms with Crippen LogP contribution >= 0.6 is 0 Å². The van der Waals surface area contributed by atoms with Gasteiger partial charge in [-0.25, -0.2) is 0 Å². The van der Waals surface area contributed by atoms with Crippen molar-refractivity contribution >= 4 is 11.9 Å². The second-order valence-electron chi connectivity index (χ2n) is 17.7. The van der Waals surface area contributed by atoms with Gasteiger partial charge in [-0.15, -0.1) is 0 Å². The minimum atomic E-state index is -0.603. The number of carbonyl (C=O) groups is 2. The normalized spacial score (nSPS) is 13.1. The van der Waals surface area contributed by atoms with E-state index in [0.717, 1.165) is 96.3 Å². The molecule has 0 N–H and O–H groups in total. The number of esters is 2. The minimum Gasteiger partial charge on any atom is -0.462 e. The standard InChI is InChI=1S/C61H102O5/c1-4-7-10-13-16-19-22-25-28-30-31-32-34-36-39-42-45-48-51-54-60(62)65-58-59(57-64-56-53-50-47-44-41-38-35-29-26-23-20-17-14-11-8-5-2)66-61(63)55-52-49-46-43-40-37-33-27-24-21-18-15-12-9-6-3/h8-9,11-12,17-18,20-21,26-27,29,33,38,40-41,43,47,50,59H,4-7,10,13-16,19,22-25,28,30-32,34-37,39,42,44-46,48-49,51-58H2,1-3H3/b11-8-,12-9-,20-17-,21-18-,29-26-,33-27-,41-38-,43-40-,50-47-. The SMILES string of the molecule is CC/C=C\C/C=C\C/C=C\C/C=C\C/C=C\CCOCC(COC(=O)CCCCCCCCCCCCCCCCCCCCC)OC(=O)CCCC/C=C\C/C=C\C/C=C\C/C=C\CC. The Balaban J connectivity index is 4.40. The van der Waals surface area contributed by atoms with Crippen molar-refractivity contribution in [3.8, 4) is 0 Å². The molecule has 0 aliphatic heterocycles. The molecule has 0 aliphatic rings. The average molecular weight is 915 g/mol. The van der Waals surface area contributed by atoms with Gasteiger partial charge in [0.05, 0.1) is 13.2 Å². The molecular formula is C61H102O5. The predicted molar refractivity (Wildman–Crippen MR) is 288 cm³/mol. The number of carbonyl (C=O) groups excluding carboxylic acids is 2. The van der Waals surface area contributed by atoms with Crippen LogP contribution in [-0.2, 0) is 23.8 Å². The molecule has 5 nitrogen and oxygen atoms in total. The van der Waals surface area contributed by atoms with Gasteiger partial charge in [0.2, 0.25) is 0 Å². The van der Waals surface area contributed by atoms with Crippen LogP contribution in [0.3, 0.4) is 0 Å². The van der Waals surface area contributed by atoms with Crippen molar-refractivity contribution in [2.45, 2.75) is 245 Å². The highest BCUT2D eigenvalue weighted by atomic mass is 16.6. The molecular weight excluding hydrogens is 813 g/mol. The maximum absolute atomic E-state index is 12.8. The van der Waals surface area contributed by atoms with Gasteiger partial charge in [-0.1, -0.05) is 246 Å². The van der Waals surface area contributed by atoms with Gasteiger partial charge < -0.3 is 14.2 Å². The van der Waals surface area contributed by atoms with E-state index in [1.807, 2.05) is 0 Å². The molecule has 0 saturated heterocycles. The van der Waals surface area contributed by atoms with Crippen LogP contribution in [0.15, 0.2) is 109 Å². The maximum atomic E-state index is 12.8. The zero-order valence-electron chi connectivity index (χ0n) is 43.2. The van der Waals surface area contributed by atoms with Gasteiger partial charge in [0, 0.05) is 12.8 Å². The van der Waals surface area contributed by atoms with Gasteiger partial charge in [-0.3, -0.25) is 9.59 Å². The molecule has 376 valence electrons. The molecule has 0 rings (SSSR count). The first-order chi connectivity index (χ1) is 32.6. The van der Waals surface area contributed by atoms with E-state index >= 15 is 0 Å². The third-order valence-corrected chi connectivity index (χ3v) is 11.3. The lowest BCUT2D eigenvalue weighted by atomic mass is 10.0. The summed E-state index contributed by atoms with van der Waals surface area (Å²) in [4.78, 5) is 25.4. The minimum absolute atomic E-state index is 0.0350. The summed E-state index contributed by atoms with van der Waals surface area (Å²) in [5, 5.41) is 0. The molecule has 66 heavy (non-hydrogen) atoms. The molecule has 0 aliphatic carbocycles. The van der Waals surface area contributed by atoms with E-state index in [4.69, 9.17) is 14.2 Å². The van der Waals surface area contributed by atoms with Crippen molar-refractivity contribution in [1.82, 2.24) is 0 Å². The van der Waals surface area contributed by atoms with Crippen molar-refractivity contribution in [1.29, 1.82) is 0 Å². The molecule has 0 bridgehead atoms. The van der Waals surface area contributed by atoms with Crippen molar-refractivity contribution in [3.05, 3.63) is 109 Å². The Morgan fingerprint density at radius 3 is 1.09 bits per heavy atom. The van der Waals surface area contributed by atoms with Crippen LogP contribution in [0.2, 0.25) is 0 Å². The zero-order valence-corrected chi connectivity index (χ0v) is 43.2. The first-order valence-electron chi connectivity index (χ1n) is 27.4. The van der Waals surface area contributed by atoms with Crippen molar-refractivity contribution in [2.24, 2.45) is 0 Å². The van der Waals surface area contributed by atoms with Gasteiger partial charge >= 0.3 is 11.9 Å². The summed E-state index contributed by atoms with van der Waals surface area (Å²) in [7, 11) is 0. The molecule has 1 unspecified atom stereocenters. The van der Waals surface area contributed by atoms with Crippen LogP contribution in [0.4, 0.5) is 0 Å². The molecule has 0 aromatic heterocycles. The van der Waals surface area contributed by atoms with Crippen LogP contribution in [0.1, 0.15) is 239 Å². The summed E-state index contributed by atoms with van der Waals surface area (Å²) in [5.41, 5.74) is 0. The Hall–Kier alpha value is -3.44. The van der Waals surface area contributed by atoms with E-state index in [1.165, 1.54) is 109 Å². The van der Waals surface area contributed by atoms with Crippen molar-refractivity contribution < 1.29 is 23.8 Å². The van der Waals surface area contributed by atoms with Crippen LogP contribution in [0.5, 0.6) is 0 Å². The molecule has 0 radical (unpaired) electrons. The van der Waals surface area contributed by atoms with Crippen LogP contribution in [0, 0.1) is 0 Å². The summed E-state index contributed by atoms with van der Waals surface area (Å²) in [5.74, 6) is -0.485. The van der Waals surface area contributed by atoms with E-state index < -0.39 is 6.10 Å². The number of rotatable bonds is 49. The highest BCUT2D eigenvalue weighted by Gasteiger charge is 2.17. The monoisotopic (exact) mass is 915 g/mol. The van der Waals surface area contributed by atoms with E-state index in [2.05, 4.69) is 130 Å². The lowest BCUT2D eigenvalue weighted by Gasteiger charge is -2.18. The summed E-state index contributed by atoms with van der Waals surface area (Å²) >= 11 is 0. The number of hydrogen-bond acceptors (Lipinski definition) is 5. The fourth-order valence-corrected chi connectivity index (χ4v) is 7.33. The Labute approximate surface area is 408 Å². The smallest absolute Gasteiger partial charge is 0.306 e. The summed E-state index contributed by atoms with van der Waals surface area (Å²) in [6, 6.07) is 0. The van der Waals surface area contributed by atoms with Gasteiger partial charge in [0.1, 0.15) is 6.61 Å². The third-order valence-electron chi connectivity index (χ3n) is 11.3. The molecule has 1 atom stereocenters. The highest BCUT2D eigenvalue weighted by Crippen LogP contribution is 2.15. The highest BCUT2D eigenvalue weighted by molar-refractivity contribution is 5.70. The number of unbranched alkanes of at least 4 members (excludes halogenated alkanes) is 20. The van der Waals surface area contributed by atoms with Gasteiger partial charge in [0.15, 0.2) is 6.10 Å². The maximum Gasteiger partial charge on any atom is 0.306 e. The first-order valence-corrected chi connectivity index (χ1v) is 27.4. The van der Waals surface area contributed by atoms with Crippen LogP contribution in [0.25, 0.3) is 0 Å². The summed E-state index contributed by atoms with van der Waals surface area (Å²) < 4.78 is 17.3. The molecule has 0 spiro atoms. The van der Waals surface area contributed by atoms with Crippen molar-refractivity contribution in [2.75, 3.05) is 19.8 Å². The topological polar surface area (TPSA) is 61.8 Å². The van der Waals surface area contributed by atoms with Crippen LogP contribution < -0.4 is 0 Å². The van der Waals surface area contributed by atoms with Crippen LogP contribution in [-0.4, -0.2) is 37.9 Å². The Kier molecular flexibility index (Phi) is 53.0. The molecule has 0 aromatic carbocycles. The van der Waals surface area contributed by atoms with Gasteiger partial charge in [0.25, 0.3) is 0 Å². The molecule has 0 amide bonds. The molecule has 0 saturated carbocycles. The van der Waals surface area contributed by atoms with E-state index in [0.29, 0.717) is 19.4 Å². The predicted octanol–water partition coefficient (Wildman–Crippen LogP) is 18.8. The lowest BCUT2D eigenvalue weighted by molar-refractivity contribution is -0.162. The molecule has 0 fully saturated rings. The van der Waals surface area contributed by atoms with Gasteiger partial charge in [-0.05, 0) is 89.9 Å². The van der Waals surface area contributed by atoms with Crippen molar-refractivity contribution in [3.63, 3.8) is 0 Å². The van der Waals surface area contributed by atoms with E-state index in [1.54, 1.807) is 0 Å². The summed E-state index contributed by atoms with van der Waals surface area (Å²) in [6.07, 6.45) is 77.0. The first kappa shape index (κ1) is 62.6. The zero-order chi connectivity index (χ0) is 47.7. The van der Waals surface area contributed by atoms with Gasteiger partial charge in [-0.2, -0.15) is 0 Å². The van der Waals surface area contributed by atoms with E-state index in [-0.39, 0.29) is 25.2 Å². The molecule has 5 heteroatoms. The second-order valence-corrected chi connectivity index (χ2v) is 17.7. The number of ether oxygens (including phenoxy) is 3. The Morgan fingerprint density at radius 2 is 0.682 bits per heavy atom. The van der Waals surface area contributed by atoms with E-state index in [9.17, 15) is 9.59 Å². The number of allylic oxidation sites excluding steroid dienone is 17. The summed E-state index contributed by atoms with van der Waals surface area (Å²) in [6.45, 7) is 7.36. The Morgan fingerprint density at radius 1 is 0.348 bits per heavy atom. The molecule has 0 aromatic rings. The number of hydrogen-bond donors (Lipinski definition) is 0. The molecule has 0 heterocycles. The fourth-order valence-electron chi connectivity index (χ4n) is 7.33. The quantitative estimate of drug-likeness (QED) is 0.0346. The Bertz CT molecular complexity index is 1310. The third kappa shape index (κ3) is 53.2. The average Bonchev–Trinajstić information content (AvgIpc) is 3.32. The largest absolute Gasteiger partial charge is 0.462 e. The fraction of sp³-hybridized carbons (Fsp3) is 0.672. The lowest BCUT2D eigenvalue weighted by Crippen LogP contribution is -2.30. The second kappa shape index (κ2) is 55.9.